The van der Waals surface area contributed by atoms with E-state index in [4.69, 9.17) is 0 Å². The first kappa shape index (κ1) is 13.9. The molecule has 1 atom stereocenters. The predicted octanol–water partition coefficient (Wildman–Crippen LogP) is 3.84. The lowest BCUT2D eigenvalue weighted by Crippen LogP contribution is -2.36. The van der Waals surface area contributed by atoms with Crippen LogP contribution in [-0.4, -0.2) is 23.4 Å². The third-order valence-corrected chi connectivity index (χ3v) is 4.25. The molecule has 3 rings (SSSR count). The number of carbonyl (C=O) groups excluding carboxylic acids is 1. The zero-order valence-corrected chi connectivity index (χ0v) is 12.5. The largest absolute Gasteiger partial charge is 0.335 e. The molecule has 1 amide bonds. The lowest BCUT2D eigenvalue weighted by atomic mass is 10.0. The highest BCUT2D eigenvalue weighted by Crippen LogP contribution is 2.23. The minimum atomic E-state index is 0.174. The number of benzene rings is 2. The first-order valence-electron chi connectivity index (χ1n) is 7.65. The van der Waals surface area contributed by atoms with Gasteiger partial charge < -0.3 is 4.90 Å². The molecule has 0 aliphatic carbocycles. The van der Waals surface area contributed by atoms with E-state index in [1.165, 1.54) is 11.1 Å². The van der Waals surface area contributed by atoms with E-state index in [9.17, 15) is 4.79 Å². The van der Waals surface area contributed by atoms with Gasteiger partial charge in [0.25, 0.3) is 5.91 Å². The molecule has 2 aromatic carbocycles. The van der Waals surface area contributed by atoms with Crippen LogP contribution in [0.25, 0.3) is 0 Å². The van der Waals surface area contributed by atoms with Crippen LogP contribution in [0.1, 0.15) is 34.3 Å². The van der Waals surface area contributed by atoms with E-state index >= 15 is 0 Å². The summed E-state index contributed by atoms with van der Waals surface area (Å²) in [5, 5.41) is 0. The molecule has 1 aliphatic heterocycles. The Morgan fingerprint density at radius 3 is 2.52 bits per heavy atom. The molecule has 0 spiro atoms. The van der Waals surface area contributed by atoms with Crippen LogP contribution in [0.15, 0.2) is 54.6 Å². The van der Waals surface area contributed by atoms with Gasteiger partial charge in [-0.2, -0.15) is 0 Å². The quantitative estimate of drug-likeness (QED) is 0.836. The van der Waals surface area contributed by atoms with E-state index in [0.717, 1.165) is 31.4 Å². The summed E-state index contributed by atoms with van der Waals surface area (Å²) in [5.41, 5.74) is 3.31. The molecule has 0 radical (unpaired) electrons. The van der Waals surface area contributed by atoms with Gasteiger partial charge in [-0.1, -0.05) is 48.0 Å². The van der Waals surface area contributed by atoms with E-state index in [2.05, 4.69) is 29.2 Å². The standard InChI is InChI=1S/C19H21NO/c1-15-9-11-17(12-10-15)19(21)20-13-5-8-18(20)14-16-6-3-2-4-7-16/h2-4,6-7,9-12,18H,5,8,13-14H2,1H3. The zero-order valence-electron chi connectivity index (χ0n) is 12.5. The number of hydrogen-bond acceptors (Lipinski definition) is 1. The highest BCUT2D eigenvalue weighted by Gasteiger charge is 2.29. The first-order chi connectivity index (χ1) is 10.2. The smallest absolute Gasteiger partial charge is 0.254 e. The van der Waals surface area contributed by atoms with Gasteiger partial charge in [-0.25, -0.2) is 0 Å². The summed E-state index contributed by atoms with van der Waals surface area (Å²) in [4.78, 5) is 14.7. The third-order valence-electron chi connectivity index (χ3n) is 4.25. The van der Waals surface area contributed by atoms with Gasteiger partial charge >= 0.3 is 0 Å². The number of aryl methyl sites for hydroxylation is 1. The summed E-state index contributed by atoms with van der Waals surface area (Å²) in [6.07, 6.45) is 3.17. The van der Waals surface area contributed by atoms with Gasteiger partial charge in [0.15, 0.2) is 0 Å². The maximum absolute atomic E-state index is 12.7. The average Bonchev–Trinajstić information content (AvgIpc) is 2.96. The molecule has 1 heterocycles. The van der Waals surface area contributed by atoms with Crippen molar-refractivity contribution in [3.05, 3.63) is 71.3 Å². The normalized spacial score (nSPS) is 18.0. The van der Waals surface area contributed by atoms with E-state index in [1.54, 1.807) is 0 Å². The summed E-state index contributed by atoms with van der Waals surface area (Å²) in [5.74, 6) is 0.174. The van der Waals surface area contributed by atoms with Crippen molar-refractivity contribution in [2.75, 3.05) is 6.54 Å². The number of likely N-dealkylation sites (tertiary alicyclic amines) is 1. The van der Waals surface area contributed by atoms with Gasteiger partial charge in [-0.15, -0.1) is 0 Å². The summed E-state index contributed by atoms with van der Waals surface area (Å²) in [6, 6.07) is 18.7. The van der Waals surface area contributed by atoms with Crippen molar-refractivity contribution in [3.8, 4) is 0 Å². The summed E-state index contributed by atoms with van der Waals surface area (Å²) >= 11 is 0. The molecule has 0 bridgehead atoms. The molecule has 0 aromatic heterocycles. The third kappa shape index (κ3) is 3.15. The van der Waals surface area contributed by atoms with E-state index in [0.29, 0.717) is 6.04 Å². The summed E-state index contributed by atoms with van der Waals surface area (Å²) < 4.78 is 0. The molecular formula is C19H21NO. The number of rotatable bonds is 3. The number of nitrogens with zero attached hydrogens (tertiary/aromatic N) is 1. The maximum atomic E-state index is 12.7. The second-order valence-corrected chi connectivity index (χ2v) is 5.85. The summed E-state index contributed by atoms with van der Waals surface area (Å²) in [6.45, 7) is 2.92. The molecule has 2 aromatic rings. The molecule has 0 N–H and O–H groups in total. The molecule has 21 heavy (non-hydrogen) atoms. The Morgan fingerprint density at radius 1 is 1.10 bits per heavy atom. The Bertz CT molecular complexity index is 603. The number of hydrogen-bond donors (Lipinski definition) is 0. The van der Waals surface area contributed by atoms with Crippen LogP contribution in [-0.2, 0) is 6.42 Å². The highest BCUT2D eigenvalue weighted by atomic mass is 16.2. The zero-order chi connectivity index (χ0) is 14.7. The van der Waals surface area contributed by atoms with Crippen LogP contribution in [0.4, 0.5) is 0 Å². The van der Waals surface area contributed by atoms with Crippen LogP contribution < -0.4 is 0 Å². The van der Waals surface area contributed by atoms with Gasteiger partial charge in [-0.3, -0.25) is 4.79 Å². The number of amides is 1. The van der Waals surface area contributed by atoms with E-state index in [1.807, 2.05) is 37.3 Å². The lowest BCUT2D eigenvalue weighted by molar-refractivity contribution is 0.0736. The van der Waals surface area contributed by atoms with E-state index < -0.39 is 0 Å². The Morgan fingerprint density at radius 2 is 1.81 bits per heavy atom. The van der Waals surface area contributed by atoms with Crippen LogP contribution >= 0.6 is 0 Å². The summed E-state index contributed by atoms with van der Waals surface area (Å²) in [7, 11) is 0. The fourth-order valence-electron chi connectivity index (χ4n) is 3.06. The van der Waals surface area contributed by atoms with E-state index in [-0.39, 0.29) is 5.91 Å². The van der Waals surface area contributed by atoms with Gasteiger partial charge in [0.05, 0.1) is 0 Å². The molecule has 1 aliphatic rings. The molecule has 2 nitrogen and oxygen atoms in total. The Labute approximate surface area is 126 Å². The topological polar surface area (TPSA) is 20.3 Å². The predicted molar refractivity (Wildman–Crippen MR) is 85.4 cm³/mol. The van der Waals surface area contributed by atoms with Crippen LogP contribution in [0.3, 0.4) is 0 Å². The van der Waals surface area contributed by atoms with Gasteiger partial charge in [0.1, 0.15) is 0 Å². The molecule has 1 saturated heterocycles. The lowest BCUT2D eigenvalue weighted by Gasteiger charge is -2.25. The monoisotopic (exact) mass is 279 g/mol. The Kier molecular flexibility index (Phi) is 4.05. The first-order valence-corrected chi connectivity index (χ1v) is 7.65. The van der Waals surface area contributed by atoms with Gasteiger partial charge in [0, 0.05) is 18.2 Å². The Hall–Kier alpha value is -2.09. The van der Waals surface area contributed by atoms with Crippen LogP contribution in [0.2, 0.25) is 0 Å². The van der Waals surface area contributed by atoms with Crippen molar-refractivity contribution in [1.29, 1.82) is 0 Å². The molecular weight excluding hydrogens is 258 g/mol. The molecule has 1 fully saturated rings. The van der Waals surface area contributed by atoms with Crippen molar-refractivity contribution in [2.45, 2.75) is 32.2 Å². The van der Waals surface area contributed by atoms with Crippen molar-refractivity contribution >= 4 is 5.91 Å². The second kappa shape index (κ2) is 6.13. The molecule has 2 heteroatoms. The van der Waals surface area contributed by atoms with Crippen LogP contribution in [0.5, 0.6) is 0 Å². The van der Waals surface area contributed by atoms with Crippen molar-refractivity contribution in [2.24, 2.45) is 0 Å². The van der Waals surface area contributed by atoms with Crippen molar-refractivity contribution in [1.82, 2.24) is 4.90 Å². The fraction of sp³-hybridized carbons (Fsp3) is 0.316. The molecule has 108 valence electrons. The SMILES string of the molecule is Cc1ccc(C(=O)N2CCCC2Cc2ccccc2)cc1. The average molecular weight is 279 g/mol. The molecule has 0 saturated carbocycles. The van der Waals surface area contributed by atoms with Gasteiger partial charge in [-0.05, 0) is 43.9 Å². The van der Waals surface area contributed by atoms with Crippen molar-refractivity contribution < 1.29 is 4.79 Å². The molecule has 1 unspecified atom stereocenters. The highest BCUT2D eigenvalue weighted by molar-refractivity contribution is 5.94. The minimum absolute atomic E-state index is 0.174. The fourth-order valence-corrected chi connectivity index (χ4v) is 3.06. The van der Waals surface area contributed by atoms with Gasteiger partial charge in [0.2, 0.25) is 0 Å². The number of carbonyl (C=O) groups is 1. The maximum Gasteiger partial charge on any atom is 0.254 e. The second-order valence-electron chi connectivity index (χ2n) is 5.85. The van der Waals surface area contributed by atoms with Crippen molar-refractivity contribution in [3.63, 3.8) is 0 Å². The minimum Gasteiger partial charge on any atom is -0.335 e. The Balaban J connectivity index is 1.74. The van der Waals surface area contributed by atoms with Crippen LogP contribution in [0, 0.1) is 6.92 Å².